The first-order valence-electron chi connectivity index (χ1n) is 5.41. The van der Waals surface area contributed by atoms with Crippen LogP contribution in [0.3, 0.4) is 0 Å². The summed E-state index contributed by atoms with van der Waals surface area (Å²) in [6.45, 7) is 0. The summed E-state index contributed by atoms with van der Waals surface area (Å²) in [4.78, 5) is 20.9. The molecule has 0 unspecified atom stereocenters. The van der Waals surface area contributed by atoms with Crippen LogP contribution in [0.15, 0.2) is 42.5 Å². The molecule has 2 aromatic rings. The number of benzene rings is 2. The number of aromatic carboxylic acids is 1. The molecule has 2 rings (SSSR count). The number of carboxylic acid groups (broad SMARTS) is 1. The van der Waals surface area contributed by atoms with E-state index in [0.29, 0.717) is 0 Å². The van der Waals surface area contributed by atoms with Gasteiger partial charge in [0.15, 0.2) is 0 Å². The van der Waals surface area contributed by atoms with E-state index >= 15 is 0 Å². The molecular formula is C13H7ClNO5-. The number of hydrogen-bond donors (Lipinski definition) is 0. The topological polar surface area (TPSA) is 92.5 Å². The van der Waals surface area contributed by atoms with Crippen LogP contribution in [0.1, 0.15) is 10.4 Å². The first-order valence-corrected chi connectivity index (χ1v) is 5.79. The minimum Gasteiger partial charge on any atom is -0.545 e. The van der Waals surface area contributed by atoms with Gasteiger partial charge in [-0.2, -0.15) is 0 Å². The van der Waals surface area contributed by atoms with Crippen molar-refractivity contribution in [2.45, 2.75) is 0 Å². The van der Waals surface area contributed by atoms with Gasteiger partial charge in [0, 0.05) is 6.07 Å². The highest BCUT2D eigenvalue weighted by Crippen LogP contribution is 2.37. The van der Waals surface area contributed by atoms with Gasteiger partial charge in [-0.25, -0.2) is 0 Å². The molecule has 0 saturated carbocycles. The molecule has 0 amide bonds. The molecule has 0 fully saturated rings. The van der Waals surface area contributed by atoms with Crippen LogP contribution in [0.25, 0.3) is 0 Å². The average Bonchev–Trinajstić information content (AvgIpc) is 2.41. The summed E-state index contributed by atoms with van der Waals surface area (Å²) in [5.41, 5.74) is -0.299. The molecule has 0 aliphatic rings. The van der Waals surface area contributed by atoms with Crippen LogP contribution in [-0.4, -0.2) is 10.9 Å². The first kappa shape index (κ1) is 13.8. The lowest BCUT2D eigenvalue weighted by Crippen LogP contribution is -2.21. The standard InChI is InChI=1S/C13H8ClNO5/c14-10-2-1-3-11(15(18)19)12(10)20-9-6-4-8(5-7-9)13(16)17/h1-7H,(H,16,17)/p-1. The van der Waals surface area contributed by atoms with Gasteiger partial charge >= 0.3 is 5.69 Å². The zero-order valence-corrected chi connectivity index (χ0v) is 10.7. The highest BCUT2D eigenvalue weighted by atomic mass is 35.5. The fraction of sp³-hybridized carbons (Fsp3) is 0. The highest BCUT2D eigenvalue weighted by molar-refractivity contribution is 6.32. The van der Waals surface area contributed by atoms with Gasteiger partial charge in [0.2, 0.25) is 5.75 Å². The number of nitro benzene ring substituents is 1. The molecule has 0 aliphatic heterocycles. The number of nitrogens with zero attached hydrogens (tertiary/aromatic N) is 1. The molecule has 0 saturated heterocycles. The number of ether oxygens (including phenoxy) is 1. The fourth-order valence-corrected chi connectivity index (χ4v) is 1.73. The van der Waals surface area contributed by atoms with E-state index in [9.17, 15) is 20.0 Å². The van der Waals surface area contributed by atoms with Gasteiger partial charge in [-0.3, -0.25) is 10.1 Å². The Hall–Kier alpha value is -2.60. The molecule has 0 spiro atoms. The number of carbonyl (C=O) groups is 1. The SMILES string of the molecule is O=C([O-])c1ccc(Oc2c(Cl)cccc2[N+](=O)[O-])cc1. The van der Waals surface area contributed by atoms with Gasteiger partial charge < -0.3 is 14.6 Å². The van der Waals surface area contributed by atoms with Crippen LogP contribution in [0, 0.1) is 10.1 Å². The smallest absolute Gasteiger partial charge is 0.313 e. The molecule has 6 nitrogen and oxygen atoms in total. The van der Waals surface area contributed by atoms with Crippen molar-refractivity contribution in [2.24, 2.45) is 0 Å². The second-order valence-electron chi connectivity index (χ2n) is 3.76. The third-order valence-corrected chi connectivity index (χ3v) is 2.75. The van der Waals surface area contributed by atoms with Gasteiger partial charge in [0.1, 0.15) is 5.75 Å². The van der Waals surface area contributed by atoms with E-state index < -0.39 is 10.9 Å². The number of rotatable bonds is 4. The number of nitro groups is 1. The minimum absolute atomic E-state index is 0.0222. The molecule has 7 heteroatoms. The van der Waals surface area contributed by atoms with Crippen molar-refractivity contribution in [3.8, 4) is 11.5 Å². The van der Waals surface area contributed by atoms with Gasteiger partial charge in [-0.15, -0.1) is 0 Å². The number of halogens is 1. The molecule has 0 aromatic heterocycles. The minimum atomic E-state index is -1.32. The van der Waals surface area contributed by atoms with Crippen molar-refractivity contribution in [1.29, 1.82) is 0 Å². The van der Waals surface area contributed by atoms with Gasteiger partial charge in [0.05, 0.1) is 15.9 Å². The summed E-state index contributed by atoms with van der Waals surface area (Å²) in [6, 6.07) is 9.42. The maximum Gasteiger partial charge on any atom is 0.313 e. The molecule has 20 heavy (non-hydrogen) atoms. The Balaban J connectivity index is 2.34. The van der Waals surface area contributed by atoms with Crippen molar-refractivity contribution in [1.82, 2.24) is 0 Å². The summed E-state index contributed by atoms with van der Waals surface area (Å²) >= 11 is 5.87. The third kappa shape index (κ3) is 2.86. The van der Waals surface area contributed by atoms with E-state index in [-0.39, 0.29) is 27.8 Å². The van der Waals surface area contributed by atoms with Gasteiger partial charge in [0.25, 0.3) is 0 Å². The molecule has 0 N–H and O–H groups in total. The lowest BCUT2D eigenvalue weighted by molar-refractivity contribution is -0.385. The summed E-state index contributed by atoms with van der Waals surface area (Å²) in [5.74, 6) is -1.19. The second kappa shape index (κ2) is 5.58. The number of carbonyl (C=O) groups excluding carboxylic acids is 1. The van der Waals surface area contributed by atoms with E-state index in [0.717, 1.165) is 0 Å². The Morgan fingerprint density at radius 1 is 1.15 bits per heavy atom. The zero-order chi connectivity index (χ0) is 14.7. The van der Waals surface area contributed by atoms with Crippen molar-refractivity contribution >= 4 is 23.3 Å². The highest BCUT2D eigenvalue weighted by Gasteiger charge is 2.18. The maximum atomic E-state index is 10.9. The Bertz CT molecular complexity index is 669. The van der Waals surface area contributed by atoms with Crippen LogP contribution in [0.5, 0.6) is 11.5 Å². The molecule has 0 heterocycles. The zero-order valence-electron chi connectivity index (χ0n) is 9.91. The molecular weight excluding hydrogens is 286 g/mol. The Kier molecular flexibility index (Phi) is 3.86. The van der Waals surface area contributed by atoms with E-state index in [1.54, 1.807) is 0 Å². The van der Waals surface area contributed by atoms with E-state index in [4.69, 9.17) is 16.3 Å². The molecule has 102 valence electrons. The summed E-state index contributed by atoms with van der Waals surface area (Å²) in [5, 5.41) is 21.6. The Morgan fingerprint density at radius 2 is 1.80 bits per heavy atom. The predicted octanol–water partition coefficient (Wildman–Crippen LogP) is 2.40. The van der Waals surface area contributed by atoms with Crippen LogP contribution < -0.4 is 9.84 Å². The number of hydrogen-bond acceptors (Lipinski definition) is 5. The monoisotopic (exact) mass is 292 g/mol. The second-order valence-corrected chi connectivity index (χ2v) is 4.17. The number of para-hydroxylation sites is 1. The van der Waals surface area contributed by atoms with Crippen LogP contribution in [-0.2, 0) is 0 Å². The van der Waals surface area contributed by atoms with Crippen molar-refractivity contribution in [3.63, 3.8) is 0 Å². The number of carboxylic acids is 1. The summed E-state index contributed by atoms with van der Waals surface area (Å²) < 4.78 is 5.35. The molecule has 0 atom stereocenters. The van der Waals surface area contributed by atoms with E-state index in [1.165, 1.54) is 42.5 Å². The van der Waals surface area contributed by atoms with Crippen molar-refractivity contribution in [3.05, 3.63) is 63.2 Å². The van der Waals surface area contributed by atoms with Crippen LogP contribution in [0.4, 0.5) is 5.69 Å². The molecule has 0 radical (unpaired) electrons. The Morgan fingerprint density at radius 3 is 2.35 bits per heavy atom. The van der Waals surface area contributed by atoms with Crippen LogP contribution in [0.2, 0.25) is 5.02 Å². The third-order valence-electron chi connectivity index (χ3n) is 2.45. The normalized spacial score (nSPS) is 10.1. The average molecular weight is 293 g/mol. The predicted molar refractivity (Wildman–Crippen MR) is 69.0 cm³/mol. The maximum absolute atomic E-state index is 10.9. The first-order chi connectivity index (χ1) is 9.49. The van der Waals surface area contributed by atoms with Crippen LogP contribution >= 0.6 is 11.6 Å². The quantitative estimate of drug-likeness (QED) is 0.637. The van der Waals surface area contributed by atoms with Gasteiger partial charge in [-0.05, 0) is 35.9 Å². The van der Waals surface area contributed by atoms with Crippen molar-refractivity contribution < 1.29 is 19.6 Å². The summed E-state index contributed by atoms with van der Waals surface area (Å²) in [7, 11) is 0. The molecule has 0 bridgehead atoms. The van der Waals surface area contributed by atoms with Crippen molar-refractivity contribution in [2.75, 3.05) is 0 Å². The van der Waals surface area contributed by atoms with E-state index in [1.807, 2.05) is 0 Å². The largest absolute Gasteiger partial charge is 0.545 e. The lowest BCUT2D eigenvalue weighted by atomic mass is 10.2. The molecule has 0 aliphatic carbocycles. The lowest BCUT2D eigenvalue weighted by Gasteiger charge is -2.09. The summed E-state index contributed by atoms with van der Waals surface area (Å²) in [6.07, 6.45) is 0. The van der Waals surface area contributed by atoms with Gasteiger partial charge in [-0.1, -0.05) is 17.7 Å². The Labute approximate surface area is 118 Å². The molecule has 2 aromatic carbocycles. The van der Waals surface area contributed by atoms with E-state index in [2.05, 4.69) is 0 Å². The fourth-order valence-electron chi connectivity index (χ4n) is 1.52.